The van der Waals surface area contributed by atoms with Crippen molar-refractivity contribution in [2.24, 2.45) is 10.8 Å². The van der Waals surface area contributed by atoms with Crippen molar-refractivity contribution in [3.8, 4) is 36.5 Å². The van der Waals surface area contributed by atoms with E-state index in [0.29, 0.717) is 0 Å². The first kappa shape index (κ1) is 28.6. The zero-order valence-corrected chi connectivity index (χ0v) is 19.1. The summed E-state index contributed by atoms with van der Waals surface area (Å²) in [6, 6.07) is 0. The van der Waals surface area contributed by atoms with Gasteiger partial charge in [0.1, 0.15) is 0 Å². The van der Waals surface area contributed by atoms with Crippen molar-refractivity contribution < 1.29 is 38.1 Å². The van der Waals surface area contributed by atoms with E-state index in [1.165, 1.54) is 0 Å². The number of carbonyl (C=O) groups is 4. The fraction of sp³-hybridized carbons (Fsp3) is 0.583. The van der Waals surface area contributed by atoms with Crippen LogP contribution in [0.5, 0.6) is 0 Å². The molecule has 0 aromatic heterocycles. The Kier molecular flexibility index (Phi) is 13.0. The van der Waals surface area contributed by atoms with Gasteiger partial charge in [0.25, 0.3) is 0 Å². The quantitative estimate of drug-likeness (QED) is 0.194. The van der Waals surface area contributed by atoms with E-state index >= 15 is 0 Å². The van der Waals surface area contributed by atoms with Crippen LogP contribution in [0.3, 0.4) is 0 Å². The molecule has 0 heterocycles. The number of rotatable bonds is 12. The highest BCUT2D eigenvalue weighted by atomic mass is 16.6. The molecule has 0 unspecified atom stereocenters. The van der Waals surface area contributed by atoms with Crippen LogP contribution in [0.2, 0.25) is 0 Å². The standard InChI is InChI=1S/C24H30O8/c1-7-16-24(21(27)31-11-5,22(28)32-12-6)18-15-13-14-17-23(8-2,19(25)29-9-3)20(26)30-10-4/h1-2H,9-12,14,16-18H2,3-6H3. The van der Waals surface area contributed by atoms with E-state index in [1.807, 2.05) is 0 Å². The highest BCUT2D eigenvalue weighted by Gasteiger charge is 2.48. The second-order valence-corrected chi connectivity index (χ2v) is 6.42. The van der Waals surface area contributed by atoms with Gasteiger partial charge in [0, 0.05) is 19.3 Å². The monoisotopic (exact) mass is 446 g/mol. The molecule has 0 amide bonds. The summed E-state index contributed by atoms with van der Waals surface area (Å²) in [4.78, 5) is 49.8. The van der Waals surface area contributed by atoms with E-state index in [-0.39, 0.29) is 52.1 Å². The lowest BCUT2D eigenvalue weighted by atomic mass is 9.81. The third kappa shape index (κ3) is 7.06. The van der Waals surface area contributed by atoms with Crippen molar-refractivity contribution in [3.63, 3.8) is 0 Å². The van der Waals surface area contributed by atoms with Crippen molar-refractivity contribution in [1.29, 1.82) is 0 Å². The van der Waals surface area contributed by atoms with E-state index in [9.17, 15) is 19.2 Å². The minimum atomic E-state index is -1.95. The van der Waals surface area contributed by atoms with Crippen LogP contribution >= 0.6 is 0 Å². The van der Waals surface area contributed by atoms with E-state index in [1.54, 1.807) is 27.7 Å². The Morgan fingerprint density at radius 3 is 1.50 bits per heavy atom. The second kappa shape index (κ2) is 14.5. The molecule has 0 saturated carbocycles. The molecule has 8 heteroatoms. The summed E-state index contributed by atoms with van der Waals surface area (Å²) in [5, 5.41) is 0. The fourth-order valence-electron chi connectivity index (χ4n) is 2.69. The van der Waals surface area contributed by atoms with Gasteiger partial charge in [-0.25, -0.2) is 9.59 Å². The Morgan fingerprint density at radius 2 is 1.12 bits per heavy atom. The Labute approximate surface area is 189 Å². The maximum Gasteiger partial charge on any atom is 0.335 e. The topological polar surface area (TPSA) is 105 Å². The summed E-state index contributed by atoms with van der Waals surface area (Å²) in [7, 11) is 0. The SMILES string of the molecule is C#CCC(CC#CCCC(C#C)(C(=O)OCC)C(=O)OCC)(C(=O)OCC)C(=O)OCC. The molecule has 0 radical (unpaired) electrons. The summed E-state index contributed by atoms with van der Waals surface area (Å²) in [5.74, 6) is 6.47. The van der Waals surface area contributed by atoms with Gasteiger partial charge in [0.15, 0.2) is 5.41 Å². The molecule has 32 heavy (non-hydrogen) atoms. The molecule has 0 saturated heterocycles. The zero-order chi connectivity index (χ0) is 24.6. The predicted molar refractivity (Wildman–Crippen MR) is 115 cm³/mol. The summed E-state index contributed by atoms with van der Waals surface area (Å²) in [6.07, 6.45) is 10.2. The first-order chi connectivity index (χ1) is 15.3. The van der Waals surface area contributed by atoms with Gasteiger partial charge >= 0.3 is 23.9 Å². The number of hydrogen-bond donors (Lipinski definition) is 0. The molecular weight excluding hydrogens is 416 g/mol. The average molecular weight is 446 g/mol. The summed E-state index contributed by atoms with van der Waals surface area (Å²) in [5.41, 5.74) is -3.72. The molecule has 0 rings (SSSR count). The molecule has 0 aliphatic heterocycles. The van der Waals surface area contributed by atoms with Gasteiger partial charge in [-0.1, -0.05) is 5.92 Å². The summed E-state index contributed by atoms with van der Waals surface area (Å²) < 4.78 is 19.9. The lowest BCUT2D eigenvalue weighted by Crippen LogP contribution is -2.42. The van der Waals surface area contributed by atoms with Crippen molar-refractivity contribution in [1.82, 2.24) is 0 Å². The van der Waals surface area contributed by atoms with Gasteiger partial charge in [0.2, 0.25) is 5.41 Å². The zero-order valence-electron chi connectivity index (χ0n) is 19.1. The largest absolute Gasteiger partial charge is 0.465 e. The predicted octanol–water partition coefficient (Wildman–Crippen LogP) is 2.04. The molecule has 0 aliphatic rings. The van der Waals surface area contributed by atoms with Gasteiger partial charge in [-0.3, -0.25) is 9.59 Å². The molecule has 0 bridgehead atoms. The third-order valence-corrected chi connectivity index (χ3v) is 4.37. The molecule has 0 aromatic rings. The fourth-order valence-corrected chi connectivity index (χ4v) is 2.69. The van der Waals surface area contributed by atoms with E-state index < -0.39 is 34.7 Å². The smallest absolute Gasteiger partial charge is 0.335 e. The summed E-state index contributed by atoms with van der Waals surface area (Å²) >= 11 is 0. The summed E-state index contributed by atoms with van der Waals surface area (Å²) in [6.45, 7) is 6.50. The lowest BCUT2D eigenvalue weighted by molar-refractivity contribution is -0.172. The Morgan fingerprint density at radius 1 is 0.688 bits per heavy atom. The van der Waals surface area contributed by atoms with Crippen molar-refractivity contribution in [2.45, 2.75) is 53.4 Å². The first-order valence-electron chi connectivity index (χ1n) is 10.3. The van der Waals surface area contributed by atoms with Crippen LogP contribution in [-0.2, 0) is 38.1 Å². The number of terminal acetylenes is 2. The van der Waals surface area contributed by atoms with Gasteiger partial charge in [-0.15, -0.1) is 30.6 Å². The van der Waals surface area contributed by atoms with Crippen LogP contribution in [0.4, 0.5) is 0 Å². The molecule has 0 aromatic carbocycles. The highest BCUT2D eigenvalue weighted by molar-refractivity contribution is 6.03. The average Bonchev–Trinajstić information content (AvgIpc) is 2.76. The van der Waals surface area contributed by atoms with Gasteiger partial charge in [-0.2, -0.15) is 0 Å². The van der Waals surface area contributed by atoms with E-state index in [2.05, 4.69) is 23.7 Å². The highest BCUT2D eigenvalue weighted by Crippen LogP contribution is 2.31. The van der Waals surface area contributed by atoms with Crippen LogP contribution in [0, 0.1) is 47.4 Å². The first-order valence-corrected chi connectivity index (χ1v) is 10.3. The molecule has 0 N–H and O–H groups in total. The van der Waals surface area contributed by atoms with Crippen LogP contribution < -0.4 is 0 Å². The minimum absolute atomic E-state index is 0.0143. The lowest BCUT2D eigenvalue weighted by Gasteiger charge is -2.25. The normalized spacial score (nSPS) is 10.4. The molecule has 174 valence electrons. The van der Waals surface area contributed by atoms with Crippen LogP contribution in [0.1, 0.15) is 53.4 Å². The van der Waals surface area contributed by atoms with Gasteiger partial charge < -0.3 is 18.9 Å². The van der Waals surface area contributed by atoms with Crippen LogP contribution in [0.15, 0.2) is 0 Å². The van der Waals surface area contributed by atoms with E-state index in [4.69, 9.17) is 31.8 Å². The molecule has 8 nitrogen and oxygen atoms in total. The molecule has 0 spiro atoms. The molecule has 0 atom stereocenters. The van der Waals surface area contributed by atoms with E-state index in [0.717, 1.165) is 0 Å². The number of carbonyl (C=O) groups excluding carboxylic acids is 4. The minimum Gasteiger partial charge on any atom is -0.465 e. The maximum absolute atomic E-state index is 12.5. The molecule has 0 aliphatic carbocycles. The van der Waals surface area contributed by atoms with Crippen LogP contribution in [0.25, 0.3) is 0 Å². The number of esters is 4. The van der Waals surface area contributed by atoms with Gasteiger partial charge in [0.05, 0.1) is 26.4 Å². The maximum atomic E-state index is 12.5. The van der Waals surface area contributed by atoms with Crippen molar-refractivity contribution >= 4 is 23.9 Å². The van der Waals surface area contributed by atoms with Gasteiger partial charge in [-0.05, 0) is 34.1 Å². The number of ether oxygens (including phenoxy) is 4. The third-order valence-electron chi connectivity index (χ3n) is 4.37. The molecular formula is C24H30O8. The van der Waals surface area contributed by atoms with Crippen molar-refractivity contribution in [3.05, 3.63) is 0 Å². The second-order valence-electron chi connectivity index (χ2n) is 6.42. The van der Waals surface area contributed by atoms with Crippen LogP contribution in [-0.4, -0.2) is 50.3 Å². The molecule has 0 fully saturated rings. The Balaban J connectivity index is 5.76. The Hall–Kier alpha value is -3.44. The Bertz CT molecular complexity index is 780. The number of hydrogen-bond acceptors (Lipinski definition) is 8. The van der Waals surface area contributed by atoms with Crippen molar-refractivity contribution in [2.75, 3.05) is 26.4 Å².